The Morgan fingerprint density at radius 1 is 1.33 bits per heavy atom. The van der Waals surface area contributed by atoms with Crippen LogP contribution in [0.5, 0.6) is 5.75 Å². The zero-order chi connectivity index (χ0) is 5.82. The Labute approximate surface area is 56.5 Å². The van der Waals surface area contributed by atoms with Gasteiger partial charge in [0.25, 0.3) is 0 Å². The fourth-order valence-electron chi connectivity index (χ4n) is 0.474. The van der Waals surface area contributed by atoms with Gasteiger partial charge in [-0.25, -0.2) is 0 Å². The van der Waals surface area contributed by atoms with Crippen molar-refractivity contribution in [2.45, 2.75) is 0 Å². The van der Waals surface area contributed by atoms with Crippen LogP contribution in [0.1, 0.15) is 0 Å². The van der Waals surface area contributed by atoms with Crippen molar-refractivity contribution in [3.63, 3.8) is 0 Å². The molecule has 1 rings (SSSR count). The largest absolute Gasteiger partial charge is 0.497 e. The molecular weight excluding hydrogens is 113 g/mol. The van der Waals surface area contributed by atoms with Crippen molar-refractivity contribution < 1.29 is 4.74 Å². The average Bonchev–Trinajstić information content (AvgIpc) is 1.90. The molecule has 0 fully saturated rings. The highest BCUT2D eigenvalue weighted by Crippen LogP contribution is 2.03. The molecule has 0 aromatic carbocycles. The minimum Gasteiger partial charge on any atom is -0.497 e. The van der Waals surface area contributed by atoms with Crippen molar-refractivity contribution in [3.05, 3.63) is 24.5 Å². The van der Waals surface area contributed by atoms with Crippen LogP contribution in [0.25, 0.3) is 0 Å². The molecule has 9 heavy (non-hydrogen) atoms. The molecule has 0 saturated heterocycles. The second-order valence-electron chi connectivity index (χ2n) is 1.39. The second kappa shape index (κ2) is 3.95. The standard InChI is InChI=1S/C6H7NO.BH3/c1-8-6-2-4-7-5-3-6;/h2-5H,1H3;1H3. The van der Waals surface area contributed by atoms with Crippen molar-refractivity contribution in [1.29, 1.82) is 0 Å². The maximum absolute atomic E-state index is 4.87. The summed E-state index contributed by atoms with van der Waals surface area (Å²) in [4.78, 5) is 3.81. The predicted molar refractivity (Wildman–Crippen MR) is 40.7 cm³/mol. The third-order valence-corrected chi connectivity index (χ3v) is 0.885. The van der Waals surface area contributed by atoms with Crippen molar-refractivity contribution in [2.75, 3.05) is 7.11 Å². The van der Waals surface area contributed by atoms with E-state index >= 15 is 0 Å². The molecule has 48 valence electrons. The zero-order valence-electron chi connectivity index (χ0n) is 4.66. The molecule has 0 aliphatic heterocycles. The number of hydrogen-bond acceptors (Lipinski definition) is 2. The van der Waals surface area contributed by atoms with Crippen LogP contribution in [0.2, 0.25) is 0 Å². The number of ether oxygens (including phenoxy) is 1. The van der Waals surface area contributed by atoms with Crippen LogP contribution in [0.3, 0.4) is 0 Å². The maximum atomic E-state index is 4.87. The van der Waals surface area contributed by atoms with Gasteiger partial charge in [0.15, 0.2) is 0 Å². The summed E-state index contributed by atoms with van der Waals surface area (Å²) in [5.74, 6) is 0.847. The highest BCUT2D eigenvalue weighted by molar-refractivity contribution is 5.75. The van der Waals surface area contributed by atoms with Gasteiger partial charge >= 0.3 is 0 Å². The van der Waals surface area contributed by atoms with Crippen LogP contribution in [-0.4, -0.2) is 20.5 Å². The average molecular weight is 123 g/mol. The summed E-state index contributed by atoms with van der Waals surface area (Å²) in [5.41, 5.74) is 0. The van der Waals surface area contributed by atoms with Gasteiger partial charge in [-0.2, -0.15) is 0 Å². The van der Waals surface area contributed by atoms with Gasteiger partial charge in [0.05, 0.1) is 15.5 Å². The van der Waals surface area contributed by atoms with Gasteiger partial charge in [-0.15, -0.1) is 0 Å². The molecule has 0 aliphatic carbocycles. The van der Waals surface area contributed by atoms with Crippen LogP contribution in [-0.2, 0) is 0 Å². The summed E-state index contributed by atoms with van der Waals surface area (Å²) in [6, 6.07) is 3.61. The number of hydrogen-bond donors (Lipinski definition) is 0. The smallest absolute Gasteiger partial charge is 0.121 e. The Hall–Kier alpha value is -0.985. The highest BCUT2D eigenvalue weighted by Gasteiger charge is 1.81. The molecule has 0 radical (unpaired) electrons. The second-order valence-corrected chi connectivity index (χ2v) is 1.39. The number of rotatable bonds is 1. The van der Waals surface area contributed by atoms with Crippen LogP contribution in [0.4, 0.5) is 0 Å². The van der Waals surface area contributed by atoms with Crippen molar-refractivity contribution in [2.24, 2.45) is 0 Å². The first-order valence-electron chi connectivity index (χ1n) is 2.37. The lowest BCUT2D eigenvalue weighted by Gasteiger charge is -1.93. The zero-order valence-corrected chi connectivity index (χ0v) is 4.66. The van der Waals surface area contributed by atoms with Crippen molar-refractivity contribution >= 4 is 8.41 Å². The first-order valence-corrected chi connectivity index (χ1v) is 2.37. The molecule has 1 aromatic rings. The predicted octanol–water partition coefficient (Wildman–Crippen LogP) is -0.0937. The van der Waals surface area contributed by atoms with E-state index in [0.717, 1.165) is 5.75 Å². The van der Waals surface area contributed by atoms with E-state index in [1.165, 1.54) is 0 Å². The fourth-order valence-corrected chi connectivity index (χ4v) is 0.474. The third-order valence-electron chi connectivity index (χ3n) is 0.885. The maximum Gasteiger partial charge on any atom is 0.121 e. The molecule has 0 amide bonds. The van der Waals surface area contributed by atoms with Gasteiger partial charge in [-0.1, -0.05) is 0 Å². The lowest BCUT2D eigenvalue weighted by Crippen LogP contribution is -1.80. The molecule has 0 aliphatic rings. The fraction of sp³-hybridized carbons (Fsp3) is 0.167. The van der Waals surface area contributed by atoms with Gasteiger partial charge in [0, 0.05) is 12.4 Å². The number of aromatic nitrogens is 1. The summed E-state index contributed by atoms with van der Waals surface area (Å²) in [6.07, 6.45) is 3.39. The lowest BCUT2D eigenvalue weighted by atomic mass is 10.5. The van der Waals surface area contributed by atoms with E-state index in [2.05, 4.69) is 4.98 Å². The van der Waals surface area contributed by atoms with Crippen LogP contribution in [0.15, 0.2) is 24.5 Å². The summed E-state index contributed by atoms with van der Waals surface area (Å²) in [5, 5.41) is 0. The number of pyridine rings is 1. The molecule has 0 bridgehead atoms. The van der Waals surface area contributed by atoms with Crippen molar-refractivity contribution in [3.8, 4) is 5.75 Å². The summed E-state index contributed by atoms with van der Waals surface area (Å²) in [6.45, 7) is 0. The van der Waals surface area contributed by atoms with Crippen molar-refractivity contribution in [1.82, 2.24) is 4.98 Å². The Bertz CT molecular complexity index is 154. The molecule has 1 heterocycles. The quantitative estimate of drug-likeness (QED) is 0.486. The number of methoxy groups -OCH3 is 1. The topological polar surface area (TPSA) is 22.1 Å². The Kier molecular flexibility index (Phi) is 3.52. The van der Waals surface area contributed by atoms with Gasteiger partial charge < -0.3 is 4.74 Å². The normalized spacial score (nSPS) is 7.67. The van der Waals surface area contributed by atoms with E-state index in [9.17, 15) is 0 Å². The van der Waals surface area contributed by atoms with Gasteiger partial charge in [0.2, 0.25) is 0 Å². The van der Waals surface area contributed by atoms with E-state index in [1.807, 2.05) is 0 Å². The summed E-state index contributed by atoms with van der Waals surface area (Å²) >= 11 is 0. The van der Waals surface area contributed by atoms with E-state index in [0.29, 0.717) is 0 Å². The first kappa shape index (κ1) is 8.01. The highest BCUT2D eigenvalue weighted by atomic mass is 16.5. The Balaban J connectivity index is 0.000000640. The van der Waals surface area contributed by atoms with Gasteiger partial charge in [-0.05, 0) is 12.1 Å². The van der Waals surface area contributed by atoms with Crippen LogP contribution < -0.4 is 4.74 Å². The monoisotopic (exact) mass is 123 g/mol. The van der Waals surface area contributed by atoms with Gasteiger partial charge in [-0.3, -0.25) is 4.98 Å². The van der Waals surface area contributed by atoms with Crippen LogP contribution in [0, 0.1) is 0 Å². The SMILES string of the molecule is B.COc1ccncc1. The van der Waals surface area contributed by atoms with E-state index < -0.39 is 0 Å². The molecule has 0 spiro atoms. The molecule has 0 atom stereocenters. The molecule has 0 unspecified atom stereocenters. The van der Waals surface area contributed by atoms with Crippen LogP contribution >= 0.6 is 0 Å². The lowest BCUT2D eigenvalue weighted by molar-refractivity contribution is 0.414. The molecule has 3 heteroatoms. The van der Waals surface area contributed by atoms with E-state index in [1.54, 1.807) is 31.6 Å². The molecule has 1 aromatic heterocycles. The van der Waals surface area contributed by atoms with E-state index in [4.69, 9.17) is 4.74 Å². The molecule has 2 nitrogen and oxygen atoms in total. The molecular formula is C6H10BNO. The van der Waals surface area contributed by atoms with Gasteiger partial charge in [0.1, 0.15) is 5.75 Å². The minimum absolute atomic E-state index is 0. The third kappa shape index (κ3) is 2.17. The number of nitrogens with zero attached hydrogens (tertiary/aromatic N) is 1. The Morgan fingerprint density at radius 2 is 1.89 bits per heavy atom. The summed E-state index contributed by atoms with van der Waals surface area (Å²) in [7, 11) is 1.63. The molecule has 0 N–H and O–H groups in total. The first-order chi connectivity index (χ1) is 3.93. The van der Waals surface area contributed by atoms with E-state index in [-0.39, 0.29) is 8.41 Å². The Morgan fingerprint density at radius 3 is 2.22 bits per heavy atom. The molecule has 0 saturated carbocycles. The summed E-state index contributed by atoms with van der Waals surface area (Å²) < 4.78 is 4.87. The minimum atomic E-state index is 0.